The summed E-state index contributed by atoms with van der Waals surface area (Å²) in [6.07, 6.45) is 1.69. The van der Waals surface area contributed by atoms with Gasteiger partial charge in [-0.25, -0.2) is 0 Å². The standard InChI is InChI=1S/C14H9BrCl2N2O/c15-8-4-11(16)10(12(17)5-8)6-19-7-13-9(14(19)20)2-1-3-18-13/h1-5H,6-7H2. The number of benzene rings is 1. The maximum atomic E-state index is 12.3. The molecule has 0 bridgehead atoms. The molecule has 3 nitrogen and oxygen atoms in total. The molecule has 0 fully saturated rings. The lowest BCUT2D eigenvalue weighted by atomic mass is 10.2. The van der Waals surface area contributed by atoms with Crippen LogP contribution in [0.15, 0.2) is 34.9 Å². The highest BCUT2D eigenvalue weighted by Crippen LogP contribution is 2.32. The van der Waals surface area contributed by atoms with Crippen molar-refractivity contribution in [3.8, 4) is 0 Å². The SMILES string of the molecule is O=C1c2cccnc2CN1Cc1c(Cl)cc(Br)cc1Cl. The summed E-state index contributed by atoms with van der Waals surface area (Å²) in [5, 5.41) is 1.09. The van der Waals surface area contributed by atoms with Crippen LogP contribution in [-0.4, -0.2) is 15.8 Å². The first kappa shape index (κ1) is 13.9. The quantitative estimate of drug-likeness (QED) is 0.788. The molecule has 0 N–H and O–H groups in total. The molecule has 20 heavy (non-hydrogen) atoms. The number of pyridine rings is 1. The summed E-state index contributed by atoms with van der Waals surface area (Å²) >= 11 is 15.7. The van der Waals surface area contributed by atoms with Crippen molar-refractivity contribution >= 4 is 45.0 Å². The van der Waals surface area contributed by atoms with E-state index in [9.17, 15) is 4.79 Å². The molecule has 1 amide bonds. The van der Waals surface area contributed by atoms with Gasteiger partial charge in [-0.1, -0.05) is 39.1 Å². The molecule has 1 aliphatic heterocycles. The van der Waals surface area contributed by atoms with E-state index < -0.39 is 0 Å². The van der Waals surface area contributed by atoms with E-state index in [-0.39, 0.29) is 5.91 Å². The molecule has 2 aromatic rings. The predicted molar refractivity (Wildman–Crippen MR) is 82.0 cm³/mol. The minimum Gasteiger partial charge on any atom is -0.328 e. The Morgan fingerprint density at radius 1 is 1.30 bits per heavy atom. The minimum atomic E-state index is -0.0387. The maximum absolute atomic E-state index is 12.3. The van der Waals surface area contributed by atoms with Crippen molar-refractivity contribution in [2.75, 3.05) is 0 Å². The topological polar surface area (TPSA) is 33.2 Å². The number of rotatable bonds is 2. The first-order chi connectivity index (χ1) is 9.56. The average molecular weight is 372 g/mol. The Labute approximate surface area is 134 Å². The van der Waals surface area contributed by atoms with E-state index in [4.69, 9.17) is 23.2 Å². The Morgan fingerprint density at radius 2 is 2.00 bits per heavy atom. The first-order valence-electron chi connectivity index (χ1n) is 5.93. The normalized spacial score (nSPS) is 13.8. The number of hydrogen-bond acceptors (Lipinski definition) is 2. The first-order valence-corrected chi connectivity index (χ1v) is 7.48. The van der Waals surface area contributed by atoms with Gasteiger partial charge >= 0.3 is 0 Å². The van der Waals surface area contributed by atoms with Gasteiger partial charge in [0.1, 0.15) is 0 Å². The number of fused-ring (bicyclic) bond motifs is 1. The summed E-state index contributed by atoms with van der Waals surface area (Å²) in [6.45, 7) is 0.859. The van der Waals surface area contributed by atoms with Crippen LogP contribution in [0.5, 0.6) is 0 Å². The fraction of sp³-hybridized carbons (Fsp3) is 0.143. The summed E-state index contributed by atoms with van der Waals surface area (Å²) in [4.78, 5) is 18.2. The van der Waals surface area contributed by atoms with E-state index in [1.807, 2.05) is 0 Å². The summed E-state index contributed by atoms with van der Waals surface area (Å²) < 4.78 is 0.814. The van der Waals surface area contributed by atoms with E-state index in [0.29, 0.717) is 28.7 Å². The van der Waals surface area contributed by atoms with Gasteiger partial charge in [0.25, 0.3) is 5.91 Å². The molecule has 0 spiro atoms. The molecular weight excluding hydrogens is 363 g/mol. The lowest BCUT2D eigenvalue weighted by molar-refractivity contribution is 0.0766. The molecule has 0 atom stereocenters. The second kappa shape index (κ2) is 5.35. The van der Waals surface area contributed by atoms with Gasteiger partial charge in [-0.05, 0) is 24.3 Å². The van der Waals surface area contributed by atoms with Gasteiger partial charge in [-0.15, -0.1) is 0 Å². The molecule has 0 aliphatic carbocycles. The lowest BCUT2D eigenvalue weighted by Crippen LogP contribution is -2.23. The summed E-state index contributed by atoms with van der Waals surface area (Å²) in [5.41, 5.74) is 2.19. The van der Waals surface area contributed by atoms with Crippen LogP contribution >= 0.6 is 39.1 Å². The highest BCUT2D eigenvalue weighted by molar-refractivity contribution is 9.10. The lowest BCUT2D eigenvalue weighted by Gasteiger charge is -2.17. The van der Waals surface area contributed by atoms with E-state index in [1.165, 1.54) is 0 Å². The number of halogens is 3. The minimum absolute atomic E-state index is 0.0387. The zero-order valence-electron chi connectivity index (χ0n) is 10.2. The number of carbonyl (C=O) groups is 1. The van der Waals surface area contributed by atoms with E-state index >= 15 is 0 Å². The molecule has 3 rings (SSSR count). The molecule has 6 heteroatoms. The number of hydrogen-bond donors (Lipinski definition) is 0. The molecule has 0 saturated heterocycles. The molecule has 0 saturated carbocycles. The summed E-state index contributed by atoms with van der Waals surface area (Å²) in [5.74, 6) is -0.0387. The van der Waals surface area contributed by atoms with E-state index in [1.54, 1.807) is 35.4 Å². The number of amides is 1. The molecule has 1 aromatic heterocycles. The third-order valence-electron chi connectivity index (χ3n) is 3.20. The molecule has 0 unspecified atom stereocenters. The second-order valence-corrected chi connectivity index (χ2v) is 6.24. The molecule has 102 valence electrons. The molecular formula is C14H9BrCl2N2O. The Hall–Kier alpha value is -1.10. The number of nitrogens with zero attached hydrogens (tertiary/aromatic N) is 2. The van der Waals surface area contributed by atoms with Crippen LogP contribution in [0, 0.1) is 0 Å². The van der Waals surface area contributed by atoms with Crippen LogP contribution in [-0.2, 0) is 13.1 Å². The smallest absolute Gasteiger partial charge is 0.256 e. The van der Waals surface area contributed by atoms with Crippen molar-refractivity contribution in [2.24, 2.45) is 0 Å². The predicted octanol–water partition coefficient (Wildman–Crippen LogP) is 4.31. The third-order valence-corrected chi connectivity index (χ3v) is 4.34. The Morgan fingerprint density at radius 3 is 2.65 bits per heavy atom. The Balaban J connectivity index is 1.90. The summed E-state index contributed by atoms with van der Waals surface area (Å²) in [7, 11) is 0. The maximum Gasteiger partial charge on any atom is 0.256 e. The monoisotopic (exact) mass is 370 g/mol. The van der Waals surface area contributed by atoms with Crippen molar-refractivity contribution in [1.29, 1.82) is 0 Å². The van der Waals surface area contributed by atoms with Gasteiger partial charge in [0.15, 0.2) is 0 Å². The van der Waals surface area contributed by atoms with Gasteiger partial charge in [-0.3, -0.25) is 9.78 Å². The molecule has 2 heterocycles. The molecule has 1 aliphatic rings. The third kappa shape index (κ3) is 2.43. The van der Waals surface area contributed by atoms with Crippen LogP contribution in [0.25, 0.3) is 0 Å². The van der Waals surface area contributed by atoms with Gasteiger partial charge in [-0.2, -0.15) is 0 Å². The van der Waals surface area contributed by atoms with Crippen molar-refractivity contribution in [3.05, 3.63) is 61.8 Å². The van der Waals surface area contributed by atoms with Crippen LogP contribution in [0.3, 0.4) is 0 Å². The number of aromatic nitrogens is 1. The molecule has 1 aromatic carbocycles. The van der Waals surface area contributed by atoms with E-state index in [0.717, 1.165) is 15.7 Å². The fourth-order valence-corrected chi connectivity index (χ4v) is 3.55. The largest absolute Gasteiger partial charge is 0.328 e. The highest BCUT2D eigenvalue weighted by atomic mass is 79.9. The number of carbonyl (C=O) groups excluding carboxylic acids is 1. The zero-order chi connectivity index (χ0) is 14.3. The zero-order valence-corrected chi connectivity index (χ0v) is 13.3. The molecule has 0 radical (unpaired) electrons. The van der Waals surface area contributed by atoms with Crippen LogP contribution < -0.4 is 0 Å². The van der Waals surface area contributed by atoms with Crippen molar-refractivity contribution in [1.82, 2.24) is 9.88 Å². The van der Waals surface area contributed by atoms with Crippen LogP contribution in [0.2, 0.25) is 10.0 Å². The van der Waals surface area contributed by atoms with Gasteiger partial charge < -0.3 is 4.90 Å². The highest BCUT2D eigenvalue weighted by Gasteiger charge is 2.29. The fourth-order valence-electron chi connectivity index (χ4n) is 2.22. The van der Waals surface area contributed by atoms with Gasteiger partial charge in [0, 0.05) is 32.8 Å². The van der Waals surface area contributed by atoms with Gasteiger partial charge in [0.05, 0.1) is 17.8 Å². The van der Waals surface area contributed by atoms with Crippen molar-refractivity contribution in [3.63, 3.8) is 0 Å². The van der Waals surface area contributed by atoms with Crippen molar-refractivity contribution < 1.29 is 4.79 Å². The van der Waals surface area contributed by atoms with E-state index in [2.05, 4.69) is 20.9 Å². The summed E-state index contributed by atoms with van der Waals surface area (Å²) in [6, 6.07) is 7.10. The van der Waals surface area contributed by atoms with Crippen LogP contribution in [0.4, 0.5) is 0 Å². The average Bonchev–Trinajstić information content (AvgIpc) is 2.71. The van der Waals surface area contributed by atoms with Crippen molar-refractivity contribution in [2.45, 2.75) is 13.1 Å². The Bertz CT molecular complexity index is 682. The van der Waals surface area contributed by atoms with Crippen LogP contribution in [0.1, 0.15) is 21.6 Å². The van der Waals surface area contributed by atoms with Gasteiger partial charge in [0.2, 0.25) is 0 Å². The Kier molecular flexibility index (Phi) is 3.71. The second-order valence-electron chi connectivity index (χ2n) is 4.51.